The largest absolute Gasteiger partial charge is 0.256 e. The first-order valence-corrected chi connectivity index (χ1v) is 19.7. The Hall–Kier alpha value is -7.16. The third-order valence-corrected chi connectivity index (χ3v) is 12.1. The van der Waals surface area contributed by atoms with Crippen LogP contribution in [0.3, 0.4) is 0 Å². The molecule has 57 heavy (non-hydrogen) atoms. The van der Waals surface area contributed by atoms with E-state index in [-0.39, 0.29) is 5.41 Å². The quantitative estimate of drug-likeness (QED) is 0.165. The maximum Gasteiger partial charge on any atom is 0.0702 e. The summed E-state index contributed by atoms with van der Waals surface area (Å²) in [7, 11) is 0. The van der Waals surface area contributed by atoms with Gasteiger partial charge in [-0.2, -0.15) is 0 Å². The van der Waals surface area contributed by atoms with Crippen LogP contribution in [-0.4, -0.2) is 9.97 Å². The maximum atomic E-state index is 4.80. The van der Waals surface area contributed by atoms with E-state index in [1.807, 2.05) is 24.5 Å². The van der Waals surface area contributed by atoms with Gasteiger partial charge in [0.2, 0.25) is 0 Å². The molecular weight excluding hydrogens is 689 g/mol. The molecule has 0 fully saturated rings. The van der Waals surface area contributed by atoms with Crippen LogP contribution in [0.15, 0.2) is 194 Å². The molecule has 1 aliphatic rings. The van der Waals surface area contributed by atoms with Crippen molar-refractivity contribution in [3.8, 4) is 67.0 Å². The summed E-state index contributed by atoms with van der Waals surface area (Å²) in [6.45, 7) is 4.70. The average molecular weight is 727 g/mol. The molecule has 2 heterocycles. The van der Waals surface area contributed by atoms with Gasteiger partial charge in [0.05, 0.1) is 11.4 Å². The molecular formula is C55H38N2. The number of pyridine rings is 2. The Balaban J connectivity index is 1.23. The minimum absolute atomic E-state index is 0.0638. The normalized spacial score (nSPS) is 12.9. The first-order chi connectivity index (χ1) is 28.0. The van der Waals surface area contributed by atoms with Crippen molar-refractivity contribution >= 4 is 32.3 Å². The lowest BCUT2D eigenvalue weighted by Crippen LogP contribution is -2.14. The summed E-state index contributed by atoms with van der Waals surface area (Å²) in [5.41, 5.74) is 16.5. The van der Waals surface area contributed by atoms with E-state index >= 15 is 0 Å². The lowest BCUT2D eigenvalue weighted by molar-refractivity contribution is 0.660. The van der Waals surface area contributed by atoms with Crippen LogP contribution >= 0.6 is 0 Å². The molecule has 0 amide bonds. The maximum absolute atomic E-state index is 4.80. The van der Waals surface area contributed by atoms with Gasteiger partial charge < -0.3 is 0 Å². The third kappa shape index (κ3) is 5.40. The van der Waals surface area contributed by atoms with E-state index in [1.54, 1.807) is 0 Å². The van der Waals surface area contributed by atoms with Gasteiger partial charge in [-0.15, -0.1) is 0 Å². The van der Waals surface area contributed by atoms with E-state index in [0.717, 1.165) is 28.1 Å². The fraction of sp³-hybridized carbons (Fsp3) is 0.0545. The SMILES string of the molecule is CC1(C)c2ccccc2-c2cc(-c3c4ccccc4c(-c4cc(-c5ccccn5)cc(-c5ccccn5)c4)c4ccc(-c5ccc6ccccc6c5)cc34)ccc21. The van der Waals surface area contributed by atoms with Crippen LogP contribution in [-0.2, 0) is 5.41 Å². The van der Waals surface area contributed by atoms with Gasteiger partial charge >= 0.3 is 0 Å². The average Bonchev–Trinajstić information content (AvgIpc) is 3.50. The summed E-state index contributed by atoms with van der Waals surface area (Å²) in [6.07, 6.45) is 3.74. The molecule has 0 radical (unpaired) electrons. The number of benzene rings is 8. The highest BCUT2D eigenvalue weighted by atomic mass is 14.7. The van der Waals surface area contributed by atoms with Gasteiger partial charge in [-0.3, -0.25) is 9.97 Å². The molecule has 2 heteroatoms. The van der Waals surface area contributed by atoms with Crippen LogP contribution in [0.25, 0.3) is 99.3 Å². The zero-order valence-corrected chi connectivity index (χ0v) is 31.9. The topological polar surface area (TPSA) is 25.8 Å². The van der Waals surface area contributed by atoms with Crippen molar-refractivity contribution in [2.75, 3.05) is 0 Å². The lowest BCUT2D eigenvalue weighted by atomic mass is 9.81. The van der Waals surface area contributed by atoms with Gasteiger partial charge in [0.1, 0.15) is 0 Å². The molecule has 0 N–H and O–H groups in total. The van der Waals surface area contributed by atoms with Crippen LogP contribution in [0, 0.1) is 0 Å². The van der Waals surface area contributed by atoms with Gasteiger partial charge in [0.15, 0.2) is 0 Å². The van der Waals surface area contributed by atoms with Crippen molar-refractivity contribution < 1.29 is 0 Å². The molecule has 0 spiro atoms. The molecule has 0 saturated heterocycles. The number of hydrogen-bond acceptors (Lipinski definition) is 2. The van der Waals surface area contributed by atoms with Gasteiger partial charge in [-0.05, 0) is 149 Å². The van der Waals surface area contributed by atoms with Crippen LogP contribution in [0.2, 0.25) is 0 Å². The Kier molecular flexibility index (Phi) is 7.55. The van der Waals surface area contributed by atoms with Crippen molar-refractivity contribution in [1.82, 2.24) is 9.97 Å². The number of fused-ring (bicyclic) bond motifs is 6. The summed E-state index contributed by atoms with van der Waals surface area (Å²) in [5.74, 6) is 0. The van der Waals surface area contributed by atoms with Gasteiger partial charge in [-0.1, -0.05) is 135 Å². The summed E-state index contributed by atoms with van der Waals surface area (Å²) < 4.78 is 0. The Morgan fingerprint density at radius 2 is 0.877 bits per heavy atom. The first kappa shape index (κ1) is 33.2. The Morgan fingerprint density at radius 3 is 1.60 bits per heavy atom. The summed E-state index contributed by atoms with van der Waals surface area (Å²) >= 11 is 0. The van der Waals surface area contributed by atoms with Crippen molar-refractivity contribution in [2.24, 2.45) is 0 Å². The van der Waals surface area contributed by atoms with Crippen LogP contribution in [0.4, 0.5) is 0 Å². The number of aromatic nitrogens is 2. The number of rotatable bonds is 5. The second-order valence-electron chi connectivity index (χ2n) is 15.8. The molecule has 0 unspecified atom stereocenters. The molecule has 0 aliphatic heterocycles. The Bertz CT molecular complexity index is 3140. The Labute approximate surface area is 332 Å². The van der Waals surface area contributed by atoms with Crippen molar-refractivity contribution in [3.05, 3.63) is 206 Å². The fourth-order valence-corrected chi connectivity index (χ4v) is 9.36. The molecule has 268 valence electrons. The minimum atomic E-state index is -0.0638. The van der Waals surface area contributed by atoms with E-state index in [0.29, 0.717) is 0 Å². The van der Waals surface area contributed by atoms with Crippen LogP contribution < -0.4 is 0 Å². The number of hydrogen-bond donors (Lipinski definition) is 0. The van der Waals surface area contributed by atoms with Crippen LogP contribution in [0.5, 0.6) is 0 Å². The molecule has 2 nitrogen and oxygen atoms in total. The summed E-state index contributed by atoms with van der Waals surface area (Å²) in [6, 6.07) is 66.6. The molecule has 0 bridgehead atoms. The van der Waals surface area contributed by atoms with Gasteiger partial charge in [0.25, 0.3) is 0 Å². The standard InChI is InChI=1S/C55H38N2/c1-55(2)49-18-8-7-15-43(49)47-34-39(24-26-50(47)55)53-44-16-5-6-17-45(44)54(46-25-23-38(33-48(46)53)37-22-21-35-13-3-4-14-36(35)29-37)42-31-40(51-19-9-11-27-56-51)30-41(32-42)52-20-10-12-28-57-52/h3-34H,1-2H3. The van der Waals surface area contributed by atoms with E-state index in [4.69, 9.17) is 9.97 Å². The second kappa shape index (κ2) is 13.0. The van der Waals surface area contributed by atoms with E-state index in [2.05, 4.69) is 184 Å². The highest BCUT2D eigenvalue weighted by Gasteiger charge is 2.35. The molecule has 1 aliphatic carbocycles. The molecule has 0 atom stereocenters. The predicted molar refractivity (Wildman–Crippen MR) is 239 cm³/mol. The van der Waals surface area contributed by atoms with E-state index in [1.165, 1.54) is 82.4 Å². The van der Waals surface area contributed by atoms with Gasteiger partial charge in [-0.25, -0.2) is 0 Å². The second-order valence-corrected chi connectivity index (χ2v) is 15.8. The van der Waals surface area contributed by atoms with Crippen LogP contribution in [0.1, 0.15) is 25.0 Å². The predicted octanol–water partition coefficient (Wildman–Crippen LogP) is 14.6. The zero-order chi connectivity index (χ0) is 38.1. The summed E-state index contributed by atoms with van der Waals surface area (Å²) in [5, 5.41) is 7.35. The molecule has 11 rings (SSSR count). The smallest absolute Gasteiger partial charge is 0.0702 e. The zero-order valence-electron chi connectivity index (χ0n) is 31.9. The van der Waals surface area contributed by atoms with E-state index < -0.39 is 0 Å². The number of nitrogens with zero attached hydrogens (tertiary/aromatic N) is 2. The van der Waals surface area contributed by atoms with Crippen molar-refractivity contribution in [3.63, 3.8) is 0 Å². The fourth-order valence-electron chi connectivity index (χ4n) is 9.36. The van der Waals surface area contributed by atoms with E-state index in [9.17, 15) is 0 Å². The molecule has 2 aromatic heterocycles. The lowest BCUT2D eigenvalue weighted by Gasteiger charge is -2.22. The minimum Gasteiger partial charge on any atom is -0.256 e. The molecule has 0 saturated carbocycles. The first-order valence-electron chi connectivity index (χ1n) is 19.7. The highest BCUT2D eigenvalue weighted by Crippen LogP contribution is 2.52. The molecule has 8 aromatic carbocycles. The van der Waals surface area contributed by atoms with Gasteiger partial charge in [0, 0.05) is 28.9 Å². The van der Waals surface area contributed by atoms with Crippen molar-refractivity contribution in [2.45, 2.75) is 19.3 Å². The monoisotopic (exact) mass is 726 g/mol. The Morgan fingerprint density at radius 1 is 0.333 bits per heavy atom. The molecule has 10 aromatic rings. The summed E-state index contributed by atoms with van der Waals surface area (Å²) in [4.78, 5) is 9.60. The highest BCUT2D eigenvalue weighted by molar-refractivity contribution is 6.22. The van der Waals surface area contributed by atoms with Crippen molar-refractivity contribution in [1.29, 1.82) is 0 Å². The third-order valence-electron chi connectivity index (χ3n) is 12.1.